The molecule has 1 aliphatic heterocycles. The molecule has 1 aliphatic carbocycles. The molecule has 26 heavy (non-hydrogen) atoms. The summed E-state index contributed by atoms with van der Waals surface area (Å²) in [5.74, 6) is -1.31. The van der Waals surface area contributed by atoms with Crippen LogP contribution in [0.25, 0.3) is 0 Å². The van der Waals surface area contributed by atoms with Gasteiger partial charge in [0.25, 0.3) is 0 Å². The van der Waals surface area contributed by atoms with E-state index >= 15 is 0 Å². The van der Waals surface area contributed by atoms with Crippen molar-refractivity contribution >= 4 is 23.5 Å². The molecule has 1 aromatic heterocycles. The summed E-state index contributed by atoms with van der Waals surface area (Å²) in [5.41, 5.74) is 1.55. The number of ether oxygens (including phenoxy) is 1. The number of benzene rings is 1. The molecular formula is C20H17NO5. The van der Waals surface area contributed by atoms with Gasteiger partial charge in [-0.05, 0) is 44.0 Å². The second kappa shape index (κ2) is 6.29. The van der Waals surface area contributed by atoms with Crippen molar-refractivity contribution in [3.05, 3.63) is 60.1 Å². The van der Waals surface area contributed by atoms with Crippen LogP contribution in [0.2, 0.25) is 0 Å². The van der Waals surface area contributed by atoms with Crippen molar-refractivity contribution in [1.29, 1.82) is 0 Å². The highest BCUT2D eigenvalue weighted by molar-refractivity contribution is 6.22. The van der Waals surface area contributed by atoms with Gasteiger partial charge in [0.05, 0.1) is 23.8 Å². The molecule has 1 fully saturated rings. The van der Waals surface area contributed by atoms with Crippen LogP contribution < -0.4 is 9.64 Å². The van der Waals surface area contributed by atoms with E-state index in [1.54, 1.807) is 24.3 Å². The fourth-order valence-electron chi connectivity index (χ4n) is 3.53. The Kier molecular flexibility index (Phi) is 3.95. The van der Waals surface area contributed by atoms with E-state index < -0.39 is 5.97 Å². The second-order valence-corrected chi connectivity index (χ2v) is 6.58. The quantitative estimate of drug-likeness (QED) is 0.367. The lowest BCUT2D eigenvalue weighted by Crippen LogP contribution is -2.30. The number of esters is 1. The Morgan fingerprint density at radius 2 is 1.96 bits per heavy atom. The molecule has 6 nitrogen and oxygen atoms in total. The van der Waals surface area contributed by atoms with E-state index in [0.717, 1.165) is 5.57 Å². The van der Waals surface area contributed by atoms with Gasteiger partial charge in [-0.1, -0.05) is 17.7 Å². The normalized spacial score (nSPS) is 22.2. The minimum Gasteiger partial charge on any atom is -0.457 e. The summed E-state index contributed by atoms with van der Waals surface area (Å²) in [7, 11) is 0. The maximum absolute atomic E-state index is 12.8. The van der Waals surface area contributed by atoms with Gasteiger partial charge < -0.3 is 9.15 Å². The number of rotatable bonds is 3. The maximum Gasteiger partial charge on any atom is 0.379 e. The van der Waals surface area contributed by atoms with E-state index in [1.165, 1.54) is 23.3 Å². The zero-order chi connectivity index (χ0) is 18.3. The molecule has 2 aliphatic rings. The van der Waals surface area contributed by atoms with Crippen LogP contribution in [0.1, 0.15) is 30.3 Å². The monoisotopic (exact) mass is 351 g/mol. The number of amides is 2. The second-order valence-electron chi connectivity index (χ2n) is 6.58. The lowest BCUT2D eigenvalue weighted by atomic mass is 9.82. The average molecular weight is 351 g/mol. The molecule has 6 heteroatoms. The standard InChI is InChI=1S/C20H17NO5/c1-12-7-8-15-16(10-12)19(23)21(18(15)22)13-4-2-5-14(11-13)26-20(24)17-6-3-9-25-17/h2-7,9,11,15-16H,8,10H2,1H3. The predicted octanol–water partition coefficient (Wildman–Crippen LogP) is 3.34. The number of imide groups is 1. The van der Waals surface area contributed by atoms with Gasteiger partial charge in [0, 0.05) is 6.07 Å². The fraction of sp³-hybridized carbons (Fsp3) is 0.250. The summed E-state index contributed by atoms with van der Waals surface area (Å²) in [4.78, 5) is 38.7. The van der Waals surface area contributed by atoms with Crippen molar-refractivity contribution in [2.45, 2.75) is 19.8 Å². The molecule has 0 spiro atoms. The van der Waals surface area contributed by atoms with Crippen molar-refractivity contribution in [2.24, 2.45) is 11.8 Å². The Hall–Kier alpha value is -3.15. The number of allylic oxidation sites excluding steroid dienone is 2. The zero-order valence-electron chi connectivity index (χ0n) is 14.2. The summed E-state index contributed by atoms with van der Waals surface area (Å²) in [5, 5.41) is 0. The molecule has 132 valence electrons. The molecular weight excluding hydrogens is 334 g/mol. The minimum atomic E-state index is -0.639. The van der Waals surface area contributed by atoms with Crippen LogP contribution in [0.5, 0.6) is 5.75 Å². The highest BCUT2D eigenvalue weighted by atomic mass is 16.5. The first-order chi connectivity index (χ1) is 12.5. The predicted molar refractivity (Wildman–Crippen MR) is 92.6 cm³/mol. The van der Waals surface area contributed by atoms with E-state index in [-0.39, 0.29) is 35.2 Å². The maximum atomic E-state index is 12.8. The molecule has 4 rings (SSSR count). The third-order valence-corrected chi connectivity index (χ3v) is 4.83. The van der Waals surface area contributed by atoms with E-state index in [0.29, 0.717) is 18.5 Å². The minimum absolute atomic E-state index is 0.0799. The number of fused-ring (bicyclic) bond motifs is 1. The van der Waals surface area contributed by atoms with Crippen molar-refractivity contribution in [3.8, 4) is 5.75 Å². The largest absolute Gasteiger partial charge is 0.457 e. The van der Waals surface area contributed by atoms with Gasteiger partial charge in [-0.2, -0.15) is 0 Å². The molecule has 1 saturated heterocycles. The molecule has 2 aromatic rings. The third-order valence-electron chi connectivity index (χ3n) is 4.83. The van der Waals surface area contributed by atoms with Crippen LogP contribution in [-0.4, -0.2) is 17.8 Å². The topological polar surface area (TPSA) is 76.8 Å². The first kappa shape index (κ1) is 16.3. The van der Waals surface area contributed by atoms with Crippen LogP contribution in [0.15, 0.2) is 58.7 Å². The van der Waals surface area contributed by atoms with Crippen molar-refractivity contribution in [3.63, 3.8) is 0 Å². The Bertz CT molecular complexity index is 912. The molecule has 0 saturated carbocycles. The average Bonchev–Trinajstić information content (AvgIpc) is 3.23. The Labute approximate surface area is 150 Å². The summed E-state index contributed by atoms with van der Waals surface area (Å²) in [6.45, 7) is 1.98. The SMILES string of the molecule is CC1=CCC2C(=O)N(c3cccc(OC(=O)c4ccco4)c3)C(=O)C2C1. The van der Waals surface area contributed by atoms with Crippen LogP contribution in [0, 0.1) is 11.8 Å². The van der Waals surface area contributed by atoms with E-state index in [9.17, 15) is 14.4 Å². The van der Waals surface area contributed by atoms with Gasteiger partial charge >= 0.3 is 5.97 Å². The highest BCUT2D eigenvalue weighted by Crippen LogP contribution is 2.40. The number of hydrogen-bond acceptors (Lipinski definition) is 5. The smallest absolute Gasteiger partial charge is 0.379 e. The lowest BCUT2D eigenvalue weighted by molar-refractivity contribution is -0.122. The van der Waals surface area contributed by atoms with E-state index in [1.807, 2.05) is 13.0 Å². The number of carbonyl (C=O) groups is 3. The molecule has 0 bridgehead atoms. The summed E-state index contributed by atoms with van der Waals surface area (Å²) in [6.07, 6.45) is 4.60. The van der Waals surface area contributed by atoms with E-state index in [4.69, 9.17) is 9.15 Å². The number of anilines is 1. The molecule has 1 aromatic carbocycles. The highest BCUT2D eigenvalue weighted by Gasteiger charge is 2.48. The Morgan fingerprint density at radius 1 is 1.15 bits per heavy atom. The summed E-state index contributed by atoms with van der Waals surface area (Å²) >= 11 is 0. The molecule has 2 heterocycles. The Morgan fingerprint density at radius 3 is 2.73 bits per heavy atom. The van der Waals surface area contributed by atoms with Crippen LogP contribution in [0.3, 0.4) is 0 Å². The van der Waals surface area contributed by atoms with Gasteiger partial charge in [-0.3, -0.25) is 9.59 Å². The van der Waals surface area contributed by atoms with Gasteiger partial charge in [0.1, 0.15) is 5.75 Å². The molecule has 2 amide bonds. The first-order valence-electron chi connectivity index (χ1n) is 8.44. The number of hydrogen-bond donors (Lipinski definition) is 0. The molecule has 0 radical (unpaired) electrons. The fourth-order valence-corrected chi connectivity index (χ4v) is 3.53. The van der Waals surface area contributed by atoms with Gasteiger partial charge in [0.15, 0.2) is 0 Å². The third kappa shape index (κ3) is 2.73. The zero-order valence-corrected chi connectivity index (χ0v) is 14.2. The summed E-state index contributed by atoms with van der Waals surface area (Å²) < 4.78 is 10.3. The van der Waals surface area contributed by atoms with Gasteiger partial charge in [0.2, 0.25) is 17.6 Å². The number of nitrogens with zero attached hydrogens (tertiary/aromatic N) is 1. The lowest BCUT2D eigenvalue weighted by Gasteiger charge is -2.18. The van der Waals surface area contributed by atoms with Crippen LogP contribution in [0.4, 0.5) is 5.69 Å². The van der Waals surface area contributed by atoms with Crippen molar-refractivity contribution in [2.75, 3.05) is 4.90 Å². The number of carbonyl (C=O) groups excluding carboxylic acids is 3. The van der Waals surface area contributed by atoms with Crippen molar-refractivity contribution < 1.29 is 23.5 Å². The molecule has 0 N–H and O–H groups in total. The van der Waals surface area contributed by atoms with Crippen molar-refractivity contribution in [1.82, 2.24) is 0 Å². The van der Waals surface area contributed by atoms with Gasteiger partial charge in [-0.25, -0.2) is 9.69 Å². The number of furan rings is 1. The van der Waals surface area contributed by atoms with Gasteiger partial charge in [-0.15, -0.1) is 0 Å². The Balaban J connectivity index is 1.58. The molecule has 2 unspecified atom stereocenters. The molecule has 2 atom stereocenters. The first-order valence-corrected chi connectivity index (χ1v) is 8.44. The summed E-state index contributed by atoms with van der Waals surface area (Å²) in [6, 6.07) is 9.51. The van der Waals surface area contributed by atoms with Crippen LogP contribution >= 0.6 is 0 Å². The van der Waals surface area contributed by atoms with Crippen LogP contribution in [-0.2, 0) is 9.59 Å². The van der Waals surface area contributed by atoms with E-state index in [2.05, 4.69) is 0 Å².